The second-order valence-electron chi connectivity index (χ2n) is 6.45. The molecule has 0 radical (unpaired) electrons. The van der Waals surface area contributed by atoms with E-state index in [1.54, 1.807) is 0 Å². The van der Waals surface area contributed by atoms with Crippen LogP contribution in [0.4, 0.5) is 0 Å². The van der Waals surface area contributed by atoms with Crippen molar-refractivity contribution in [2.45, 2.75) is 5.79 Å². The first-order chi connectivity index (χ1) is 16.6. The maximum Gasteiger partial charge on any atom is 0.382 e. The van der Waals surface area contributed by atoms with Gasteiger partial charge in [0.2, 0.25) is 5.76 Å². The molecule has 35 heavy (non-hydrogen) atoms. The molecule has 1 heterocycles. The zero-order valence-electron chi connectivity index (χ0n) is 18.2. The first kappa shape index (κ1) is 28.8. The van der Waals surface area contributed by atoms with Gasteiger partial charge in [0.25, 0.3) is 5.76 Å². The summed E-state index contributed by atoms with van der Waals surface area (Å²) in [5.74, 6) is -10.8. The van der Waals surface area contributed by atoms with Crippen LogP contribution in [-0.4, -0.2) is 77.4 Å². The molecule has 0 aromatic carbocycles. The average Bonchev–Trinajstić information content (AvgIpc) is 3.71. The number of aliphatic hydroxyl groups excluding tert-OH is 3. The van der Waals surface area contributed by atoms with Crippen molar-refractivity contribution in [3.05, 3.63) is 62.0 Å². The van der Waals surface area contributed by atoms with E-state index in [1.165, 1.54) is 0 Å². The number of esters is 5. The fraction of sp³-hybridized carbons (Fsp3) is 0.286. The fourth-order valence-corrected chi connectivity index (χ4v) is 2.14. The predicted molar refractivity (Wildman–Crippen MR) is 110 cm³/mol. The van der Waals surface area contributed by atoms with Gasteiger partial charge in [0.1, 0.15) is 17.9 Å². The van der Waals surface area contributed by atoms with E-state index < -0.39 is 73.2 Å². The van der Waals surface area contributed by atoms with Crippen molar-refractivity contribution in [1.82, 2.24) is 0 Å². The summed E-state index contributed by atoms with van der Waals surface area (Å²) in [6.45, 7) is 4.65. The zero-order chi connectivity index (χ0) is 26.6. The molecule has 14 heteroatoms. The third-order valence-electron chi connectivity index (χ3n) is 4.27. The van der Waals surface area contributed by atoms with Crippen molar-refractivity contribution in [3.8, 4) is 0 Å². The first-order valence-corrected chi connectivity index (χ1v) is 9.40. The van der Waals surface area contributed by atoms with Gasteiger partial charge in [0, 0.05) is 18.2 Å². The Balaban J connectivity index is 3.54. The Labute approximate surface area is 197 Å². The third-order valence-corrected chi connectivity index (χ3v) is 4.27. The normalized spacial score (nSPS) is 14.0. The van der Waals surface area contributed by atoms with Crippen LogP contribution in [0.3, 0.4) is 0 Å². The van der Waals surface area contributed by atoms with Gasteiger partial charge in [-0.05, 0) is 0 Å². The van der Waals surface area contributed by atoms with Crippen molar-refractivity contribution < 1.29 is 67.7 Å². The van der Waals surface area contributed by atoms with Gasteiger partial charge in [-0.15, -0.1) is 0 Å². The van der Waals surface area contributed by atoms with Gasteiger partial charge in [-0.25, -0.2) is 24.0 Å². The highest BCUT2D eigenvalue weighted by molar-refractivity contribution is 5.93. The number of hydrogen-bond acceptors (Lipinski definition) is 14. The SMILES string of the molecule is C=CC(=O)OCC(OC(=O)C=C)(OC(=O)/C(=C/OC(=O)C1=CO1)OC(=O)C=C)C(CO)(CO)CO. The van der Waals surface area contributed by atoms with Crippen molar-refractivity contribution in [3.63, 3.8) is 0 Å². The van der Waals surface area contributed by atoms with Gasteiger partial charge in [-0.1, -0.05) is 19.7 Å². The number of carbonyl (C=O) groups is 5. The Hall–Kier alpha value is -4.27. The highest BCUT2D eigenvalue weighted by Gasteiger charge is 2.59. The Morgan fingerprint density at radius 2 is 1.43 bits per heavy atom. The highest BCUT2D eigenvalue weighted by atomic mass is 16.8. The highest BCUT2D eigenvalue weighted by Crippen LogP contribution is 2.37. The summed E-state index contributed by atoms with van der Waals surface area (Å²) in [6.07, 6.45) is 3.25. The Bertz CT molecular complexity index is 947. The monoisotopic (exact) mass is 498 g/mol. The van der Waals surface area contributed by atoms with Crippen molar-refractivity contribution in [2.75, 3.05) is 26.4 Å². The quantitative estimate of drug-likeness (QED) is 0.0784. The van der Waals surface area contributed by atoms with E-state index in [9.17, 15) is 39.3 Å². The van der Waals surface area contributed by atoms with Crippen LogP contribution in [0.1, 0.15) is 0 Å². The molecule has 1 aliphatic heterocycles. The van der Waals surface area contributed by atoms with Crippen molar-refractivity contribution >= 4 is 29.8 Å². The molecule has 3 N–H and O–H groups in total. The first-order valence-electron chi connectivity index (χ1n) is 9.40. The lowest BCUT2D eigenvalue weighted by Crippen LogP contribution is -2.63. The number of ether oxygens (including phenoxy) is 6. The lowest BCUT2D eigenvalue weighted by atomic mass is 9.81. The van der Waals surface area contributed by atoms with E-state index in [-0.39, 0.29) is 5.76 Å². The molecule has 14 nitrogen and oxygen atoms in total. The van der Waals surface area contributed by atoms with E-state index in [1.807, 2.05) is 0 Å². The van der Waals surface area contributed by atoms with Crippen LogP contribution in [0, 0.1) is 5.41 Å². The van der Waals surface area contributed by atoms with Gasteiger partial charge in [-0.3, -0.25) is 0 Å². The molecule has 1 aliphatic rings. The molecule has 1 atom stereocenters. The van der Waals surface area contributed by atoms with E-state index in [4.69, 9.17) is 14.2 Å². The fourth-order valence-electron chi connectivity index (χ4n) is 2.14. The molecular formula is C21H22O14. The molecule has 0 spiro atoms. The van der Waals surface area contributed by atoms with Crippen LogP contribution < -0.4 is 0 Å². The second kappa shape index (κ2) is 12.8. The van der Waals surface area contributed by atoms with E-state index >= 15 is 0 Å². The van der Waals surface area contributed by atoms with Crippen molar-refractivity contribution in [1.29, 1.82) is 0 Å². The van der Waals surface area contributed by atoms with Gasteiger partial charge in [-0.2, -0.15) is 0 Å². The molecular weight excluding hydrogens is 476 g/mol. The summed E-state index contributed by atoms with van der Waals surface area (Å²) < 4.78 is 28.7. The van der Waals surface area contributed by atoms with Gasteiger partial charge in [0.15, 0.2) is 6.61 Å². The van der Waals surface area contributed by atoms with Crippen LogP contribution in [0.2, 0.25) is 0 Å². The lowest BCUT2D eigenvalue weighted by molar-refractivity contribution is -0.303. The molecule has 0 aromatic rings. The van der Waals surface area contributed by atoms with Crippen LogP contribution in [0.5, 0.6) is 0 Å². The molecule has 0 aliphatic carbocycles. The molecule has 0 aromatic heterocycles. The number of rotatable bonds is 15. The summed E-state index contributed by atoms with van der Waals surface area (Å²) in [6, 6.07) is 0. The smallest absolute Gasteiger partial charge is 0.382 e. The molecule has 1 unspecified atom stereocenters. The third kappa shape index (κ3) is 7.36. The van der Waals surface area contributed by atoms with E-state index in [0.29, 0.717) is 24.5 Å². The number of aliphatic hydroxyl groups is 3. The molecule has 1 rings (SSSR count). The summed E-state index contributed by atoms with van der Waals surface area (Å²) in [5, 5.41) is 29.7. The minimum Gasteiger partial charge on any atom is -0.454 e. The van der Waals surface area contributed by atoms with Crippen LogP contribution in [-0.2, 0) is 52.4 Å². The predicted octanol–water partition coefficient (Wildman–Crippen LogP) is -1.37. The maximum absolute atomic E-state index is 12.9. The summed E-state index contributed by atoms with van der Waals surface area (Å²) in [5.41, 5.74) is -2.40. The summed E-state index contributed by atoms with van der Waals surface area (Å²) in [4.78, 5) is 60.0. The lowest BCUT2D eigenvalue weighted by Gasteiger charge is -2.44. The molecule has 0 saturated carbocycles. The molecule has 0 amide bonds. The minimum absolute atomic E-state index is 0.227. The Kier molecular flexibility index (Phi) is 10.5. The summed E-state index contributed by atoms with van der Waals surface area (Å²) in [7, 11) is 0. The Morgan fingerprint density at radius 3 is 1.89 bits per heavy atom. The van der Waals surface area contributed by atoms with Crippen LogP contribution in [0.25, 0.3) is 0 Å². The van der Waals surface area contributed by atoms with Crippen molar-refractivity contribution in [2.24, 2.45) is 5.41 Å². The van der Waals surface area contributed by atoms with Crippen LogP contribution >= 0.6 is 0 Å². The molecule has 0 bridgehead atoms. The van der Waals surface area contributed by atoms with Gasteiger partial charge < -0.3 is 43.7 Å². The van der Waals surface area contributed by atoms with Gasteiger partial charge >= 0.3 is 35.6 Å². The second-order valence-corrected chi connectivity index (χ2v) is 6.45. The van der Waals surface area contributed by atoms with Crippen LogP contribution in [0.15, 0.2) is 62.0 Å². The molecule has 0 fully saturated rings. The number of carbonyl (C=O) groups excluding carboxylic acids is 5. The van der Waals surface area contributed by atoms with E-state index in [2.05, 4.69) is 33.9 Å². The maximum atomic E-state index is 12.9. The minimum atomic E-state index is -2.95. The van der Waals surface area contributed by atoms with E-state index in [0.717, 1.165) is 6.26 Å². The molecule has 0 saturated heterocycles. The topological polar surface area (TPSA) is 205 Å². The Morgan fingerprint density at radius 1 is 0.886 bits per heavy atom. The average molecular weight is 498 g/mol. The zero-order valence-corrected chi connectivity index (χ0v) is 18.2. The number of hydrogen-bond donors (Lipinski definition) is 3. The molecule has 190 valence electrons. The standard InChI is InChI=1S/C21H22O14/c1-4-15(25)32-12-21(34-17(27)6-3,20(9-22,10-23)11-24)35-19(29)14(33-16(26)5-2)8-31-18(28)13-7-30-13/h4-8,22-24H,1-3,9-12H2/b14-8-. The summed E-state index contributed by atoms with van der Waals surface area (Å²) >= 11 is 0. The van der Waals surface area contributed by atoms with Gasteiger partial charge in [0.05, 0.1) is 19.8 Å². The largest absolute Gasteiger partial charge is 0.454 e.